The van der Waals surface area contributed by atoms with Gasteiger partial charge in [-0.2, -0.15) is 0 Å². The van der Waals surface area contributed by atoms with Crippen molar-refractivity contribution in [3.8, 4) is 0 Å². The van der Waals surface area contributed by atoms with Crippen LogP contribution in [-0.4, -0.2) is 45.7 Å². The van der Waals surface area contributed by atoms with Gasteiger partial charge >= 0.3 is 6.09 Å². The molecule has 1 atom stereocenters. The van der Waals surface area contributed by atoms with Crippen LogP contribution in [0.5, 0.6) is 0 Å². The molecule has 5 nitrogen and oxygen atoms in total. The summed E-state index contributed by atoms with van der Waals surface area (Å²) in [6.07, 6.45) is -0.593. The van der Waals surface area contributed by atoms with E-state index in [1.807, 2.05) is 0 Å². The quantitative estimate of drug-likeness (QED) is 0.637. The summed E-state index contributed by atoms with van der Waals surface area (Å²) in [5.74, 6) is 0. The van der Waals surface area contributed by atoms with Gasteiger partial charge in [-0.3, -0.25) is 4.90 Å². The van der Waals surface area contributed by atoms with Gasteiger partial charge < -0.3 is 14.9 Å². The summed E-state index contributed by atoms with van der Waals surface area (Å²) in [4.78, 5) is 12.3. The van der Waals surface area contributed by atoms with E-state index in [0.29, 0.717) is 0 Å². The molecule has 0 aromatic rings. The highest BCUT2D eigenvalue weighted by atomic mass is 16.6. The monoisotopic (exact) mass is 189 g/mol. The molecule has 0 saturated carbocycles. The second-order valence-electron chi connectivity index (χ2n) is 3.77. The molecule has 0 aliphatic carbocycles. The molecule has 1 rings (SSSR count). The third kappa shape index (κ3) is 1.38. The number of β-amino-alcohol motifs (C(OH)–C–C–N with tert-alkyl or cyclic N) is 1. The van der Waals surface area contributed by atoms with Crippen LogP contribution in [-0.2, 0) is 4.74 Å². The minimum Gasteiger partial charge on any atom is -0.438 e. The van der Waals surface area contributed by atoms with E-state index in [9.17, 15) is 9.90 Å². The van der Waals surface area contributed by atoms with Crippen LogP contribution in [0.4, 0.5) is 4.79 Å². The Morgan fingerprint density at radius 2 is 2.00 bits per heavy atom. The molecule has 0 bridgehead atoms. The second-order valence-corrected chi connectivity index (χ2v) is 3.77. The Morgan fingerprint density at radius 3 is 2.31 bits per heavy atom. The van der Waals surface area contributed by atoms with Crippen molar-refractivity contribution in [1.82, 2.24) is 4.90 Å². The average Bonchev–Trinajstić information content (AvgIpc) is 2.10. The van der Waals surface area contributed by atoms with E-state index in [1.54, 1.807) is 13.8 Å². The molecule has 5 heteroatoms. The fourth-order valence-electron chi connectivity index (χ4n) is 1.28. The smallest absolute Gasteiger partial charge is 0.412 e. The maximum Gasteiger partial charge on any atom is 0.412 e. The molecule has 1 saturated heterocycles. The van der Waals surface area contributed by atoms with Gasteiger partial charge in [-0.15, -0.1) is 0 Å². The molecule has 1 heterocycles. The van der Waals surface area contributed by atoms with Crippen LogP contribution in [0.25, 0.3) is 0 Å². The van der Waals surface area contributed by atoms with Gasteiger partial charge in [0.1, 0.15) is 0 Å². The van der Waals surface area contributed by atoms with Crippen molar-refractivity contribution in [2.24, 2.45) is 0 Å². The average molecular weight is 189 g/mol. The third-order valence-corrected chi connectivity index (χ3v) is 2.55. The summed E-state index contributed by atoms with van der Waals surface area (Å²) in [5.41, 5.74) is -2.31. The normalized spacial score (nSPS) is 32.1. The highest BCUT2D eigenvalue weighted by Gasteiger charge is 2.56. The minimum absolute atomic E-state index is 0.0786. The summed E-state index contributed by atoms with van der Waals surface area (Å²) in [7, 11) is 0. The number of aliphatic hydroxyl groups excluding tert-OH is 1. The number of cyclic esters (lactones) is 1. The predicted octanol–water partition coefficient (Wildman–Crippen LogP) is -0.0820. The Labute approximate surface area is 76.9 Å². The molecule has 0 radical (unpaired) electrons. The van der Waals surface area contributed by atoms with Crippen molar-refractivity contribution < 1.29 is 19.7 Å². The van der Waals surface area contributed by atoms with E-state index in [4.69, 9.17) is 9.84 Å². The molecule has 1 fully saturated rings. The highest BCUT2D eigenvalue weighted by Crippen LogP contribution is 2.36. The molecular weight excluding hydrogens is 174 g/mol. The summed E-state index contributed by atoms with van der Waals surface area (Å²) >= 11 is 0. The molecule has 76 valence electrons. The van der Waals surface area contributed by atoms with Gasteiger partial charge in [-0.05, 0) is 20.8 Å². The Bertz CT molecular complexity index is 224. The summed E-state index contributed by atoms with van der Waals surface area (Å²) in [5, 5.41) is 18.6. The van der Waals surface area contributed by atoms with E-state index in [0.717, 1.165) is 4.90 Å². The zero-order valence-corrected chi connectivity index (χ0v) is 8.07. The Morgan fingerprint density at radius 1 is 1.46 bits per heavy atom. The number of ether oxygens (including phenoxy) is 1. The highest BCUT2D eigenvalue weighted by molar-refractivity contribution is 5.72. The Balaban J connectivity index is 2.91. The van der Waals surface area contributed by atoms with E-state index in [-0.39, 0.29) is 13.2 Å². The molecule has 1 aliphatic heterocycles. The molecule has 13 heavy (non-hydrogen) atoms. The van der Waals surface area contributed by atoms with Crippen LogP contribution in [0.15, 0.2) is 0 Å². The van der Waals surface area contributed by atoms with E-state index < -0.39 is 17.4 Å². The van der Waals surface area contributed by atoms with Gasteiger partial charge in [0.15, 0.2) is 11.3 Å². The van der Waals surface area contributed by atoms with Gasteiger partial charge in [0.2, 0.25) is 0 Å². The second kappa shape index (κ2) is 2.85. The van der Waals surface area contributed by atoms with Crippen molar-refractivity contribution in [3.63, 3.8) is 0 Å². The number of hydrogen-bond acceptors (Lipinski definition) is 4. The number of carbonyl (C=O) groups excluding carboxylic acids is 1. The maximum absolute atomic E-state index is 11.2. The standard InChI is InChI=1S/C8H15NO4/c1-7(2)8(3,12)9(4-5-10)6(11)13-7/h10,12H,4-5H2,1-3H3. The third-order valence-electron chi connectivity index (χ3n) is 2.55. The van der Waals surface area contributed by atoms with Gasteiger partial charge in [-0.25, -0.2) is 4.79 Å². The van der Waals surface area contributed by atoms with Gasteiger partial charge in [0, 0.05) is 0 Å². The van der Waals surface area contributed by atoms with Gasteiger partial charge in [0.05, 0.1) is 13.2 Å². The van der Waals surface area contributed by atoms with Crippen LogP contribution in [0, 0.1) is 0 Å². The maximum atomic E-state index is 11.2. The van der Waals surface area contributed by atoms with Crippen molar-refractivity contribution in [2.45, 2.75) is 32.1 Å². The molecule has 1 unspecified atom stereocenters. The zero-order chi connectivity index (χ0) is 10.3. The molecular formula is C8H15NO4. The van der Waals surface area contributed by atoms with Gasteiger partial charge in [-0.1, -0.05) is 0 Å². The van der Waals surface area contributed by atoms with Crippen molar-refractivity contribution >= 4 is 6.09 Å². The minimum atomic E-state index is -1.37. The topological polar surface area (TPSA) is 70.0 Å². The SMILES string of the molecule is CC1(C)OC(=O)N(CCO)C1(C)O. The number of amides is 1. The fourth-order valence-corrected chi connectivity index (χ4v) is 1.28. The number of aliphatic hydroxyl groups is 2. The van der Waals surface area contributed by atoms with Crippen LogP contribution in [0.1, 0.15) is 20.8 Å². The first kappa shape index (κ1) is 10.3. The van der Waals surface area contributed by atoms with Crippen molar-refractivity contribution in [3.05, 3.63) is 0 Å². The molecule has 1 amide bonds. The Hall–Kier alpha value is -0.810. The lowest BCUT2D eigenvalue weighted by atomic mass is 9.96. The van der Waals surface area contributed by atoms with E-state index >= 15 is 0 Å². The van der Waals surface area contributed by atoms with Crippen LogP contribution in [0.3, 0.4) is 0 Å². The summed E-state index contributed by atoms with van der Waals surface area (Å²) in [6, 6.07) is 0. The largest absolute Gasteiger partial charge is 0.438 e. The molecule has 2 N–H and O–H groups in total. The van der Waals surface area contributed by atoms with Gasteiger partial charge in [0.25, 0.3) is 0 Å². The molecule has 0 aromatic carbocycles. The lowest BCUT2D eigenvalue weighted by molar-refractivity contribution is -0.129. The first-order valence-corrected chi connectivity index (χ1v) is 4.17. The number of nitrogens with zero attached hydrogens (tertiary/aromatic N) is 1. The van der Waals surface area contributed by atoms with Crippen LogP contribution < -0.4 is 0 Å². The van der Waals surface area contributed by atoms with Crippen molar-refractivity contribution in [2.75, 3.05) is 13.2 Å². The molecule has 0 spiro atoms. The first-order chi connectivity index (χ1) is 5.83. The van der Waals surface area contributed by atoms with E-state index in [2.05, 4.69) is 0 Å². The molecule has 1 aliphatic rings. The van der Waals surface area contributed by atoms with E-state index in [1.165, 1.54) is 6.92 Å². The lowest BCUT2D eigenvalue weighted by Crippen LogP contribution is -2.54. The summed E-state index contributed by atoms with van der Waals surface area (Å²) < 4.78 is 4.96. The zero-order valence-electron chi connectivity index (χ0n) is 8.07. The number of rotatable bonds is 2. The number of carbonyl (C=O) groups is 1. The van der Waals surface area contributed by atoms with Crippen molar-refractivity contribution in [1.29, 1.82) is 0 Å². The summed E-state index contributed by atoms with van der Waals surface area (Å²) in [6.45, 7) is 4.63. The fraction of sp³-hybridized carbons (Fsp3) is 0.875. The Kier molecular flexibility index (Phi) is 2.25. The first-order valence-electron chi connectivity index (χ1n) is 4.17. The predicted molar refractivity (Wildman–Crippen MR) is 45.0 cm³/mol. The van der Waals surface area contributed by atoms with Crippen LogP contribution >= 0.6 is 0 Å². The molecule has 0 aromatic heterocycles. The van der Waals surface area contributed by atoms with Crippen LogP contribution in [0.2, 0.25) is 0 Å². The lowest BCUT2D eigenvalue weighted by Gasteiger charge is -2.34. The number of hydrogen-bond donors (Lipinski definition) is 2.